The molecule has 0 radical (unpaired) electrons. The average Bonchev–Trinajstić information content (AvgIpc) is 2.74. The molecule has 2 heterocycles. The molecule has 0 bridgehead atoms. The highest BCUT2D eigenvalue weighted by Crippen LogP contribution is 2.30. The highest BCUT2D eigenvalue weighted by Gasteiger charge is 2.10. The minimum Gasteiger partial charge on any atom is -0.383 e. The first-order chi connectivity index (χ1) is 8.25. The van der Waals surface area contributed by atoms with Crippen LogP contribution in [0, 0.1) is 5.82 Å². The van der Waals surface area contributed by atoms with Gasteiger partial charge in [0, 0.05) is 11.8 Å². The third kappa shape index (κ3) is 1.52. The number of fused-ring (bicyclic) bond motifs is 1. The van der Waals surface area contributed by atoms with Gasteiger partial charge in [-0.3, -0.25) is 0 Å². The zero-order valence-corrected chi connectivity index (χ0v) is 8.81. The first-order valence-corrected chi connectivity index (χ1v) is 5.09. The SMILES string of the molecule is Nc1ncnc2[nH]cc(-c3cccc(F)c3)c12. The molecule has 3 aromatic rings. The minimum atomic E-state index is -0.285. The van der Waals surface area contributed by atoms with Crippen molar-refractivity contribution in [2.45, 2.75) is 0 Å². The third-order valence-corrected chi connectivity index (χ3v) is 2.63. The standard InChI is InChI=1S/C12H9FN4/c13-8-3-1-2-7(4-8)9-5-15-12-10(9)11(14)16-6-17-12/h1-6H,(H3,14,15,16,17). The number of aromatic nitrogens is 3. The van der Waals surface area contributed by atoms with E-state index in [1.54, 1.807) is 12.3 Å². The van der Waals surface area contributed by atoms with Crippen LogP contribution in [0.4, 0.5) is 10.2 Å². The second-order valence-electron chi connectivity index (χ2n) is 3.70. The third-order valence-electron chi connectivity index (χ3n) is 2.63. The monoisotopic (exact) mass is 228 g/mol. The fraction of sp³-hybridized carbons (Fsp3) is 0. The smallest absolute Gasteiger partial charge is 0.143 e. The van der Waals surface area contributed by atoms with E-state index in [9.17, 15) is 4.39 Å². The van der Waals surface area contributed by atoms with Gasteiger partial charge in [-0.2, -0.15) is 0 Å². The van der Waals surface area contributed by atoms with E-state index in [2.05, 4.69) is 15.0 Å². The number of nitrogens with one attached hydrogen (secondary N) is 1. The molecule has 3 N–H and O–H groups in total. The lowest BCUT2D eigenvalue weighted by Gasteiger charge is -2.01. The molecule has 0 saturated heterocycles. The summed E-state index contributed by atoms with van der Waals surface area (Å²) in [7, 11) is 0. The van der Waals surface area contributed by atoms with Crippen LogP contribution < -0.4 is 5.73 Å². The van der Waals surface area contributed by atoms with Gasteiger partial charge in [-0.25, -0.2) is 14.4 Å². The average molecular weight is 228 g/mol. The summed E-state index contributed by atoms with van der Waals surface area (Å²) in [5.41, 5.74) is 8.01. The van der Waals surface area contributed by atoms with Crippen molar-refractivity contribution in [1.82, 2.24) is 15.0 Å². The predicted molar refractivity (Wildman–Crippen MR) is 63.7 cm³/mol. The van der Waals surface area contributed by atoms with Gasteiger partial charge in [0.25, 0.3) is 0 Å². The van der Waals surface area contributed by atoms with Crippen molar-refractivity contribution in [3.63, 3.8) is 0 Å². The maximum Gasteiger partial charge on any atom is 0.143 e. The van der Waals surface area contributed by atoms with Gasteiger partial charge in [0.2, 0.25) is 0 Å². The number of H-pyrrole nitrogens is 1. The van der Waals surface area contributed by atoms with Crippen molar-refractivity contribution in [3.05, 3.63) is 42.6 Å². The maximum atomic E-state index is 13.2. The Morgan fingerprint density at radius 2 is 2.12 bits per heavy atom. The fourth-order valence-electron chi connectivity index (χ4n) is 1.87. The van der Waals surface area contributed by atoms with E-state index in [0.717, 1.165) is 16.5 Å². The topological polar surface area (TPSA) is 67.6 Å². The number of hydrogen-bond donors (Lipinski definition) is 2. The van der Waals surface area contributed by atoms with E-state index >= 15 is 0 Å². The minimum absolute atomic E-state index is 0.285. The zero-order valence-electron chi connectivity index (χ0n) is 8.81. The van der Waals surface area contributed by atoms with Gasteiger partial charge in [0.1, 0.15) is 23.6 Å². The molecular weight excluding hydrogens is 219 g/mol. The second kappa shape index (κ2) is 3.55. The molecule has 0 saturated carbocycles. The lowest BCUT2D eigenvalue weighted by Crippen LogP contribution is -1.92. The van der Waals surface area contributed by atoms with E-state index in [1.807, 2.05) is 6.07 Å². The van der Waals surface area contributed by atoms with E-state index < -0.39 is 0 Å². The summed E-state index contributed by atoms with van der Waals surface area (Å²) in [6, 6.07) is 6.33. The van der Waals surface area contributed by atoms with E-state index in [-0.39, 0.29) is 5.82 Å². The van der Waals surface area contributed by atoms with Crippen LogP contribution >= 0.6 is 0 Å². The summed E-state index contributed by atoms with van der Waals surface area (Å²) in [6.07, 6.45) is 3.15. The quantitative estimate of drug-likeness (QED) is 0.671. The van der Waals surface area contributed by atoms with Crippen molar-refractivity contribution in [2.24, 2.45) is 0 Å². The Morgan fingerprint density at radius 3 is 2.94 bits per heavy atom. The zero-order chi connectivity index (χ0) is 11.8. The van der Waals surface area contributed by atoms with Gasteiger partial charge in [-0.1, -0.05) is 12.1 Å². The van der Waals surface area contributed by atoms with Crippen LogP contribution in [0.3, 0.4) is 0 Å². The van der Waals surface area contributed by atoms with Gasteiger partial charge < -0.3 is 10.7 Å². The number of nitrogens with zero attached hydrogens (tertiary/aromatic N) is 2. The molecular formula is C12H9FN4. The largest absolute Gasteiger partial charge is 0.383 e. The van der Waals surface area contributed by atoms with Gasteiger partial charge in [0.05, 0.1) is 5.39 Å². The first kappa shape index (κ1) is 9.77. The van der Waals surface area contributed by atoms with Crippen LogP contribution in [-0.4, -0.2) is 15.0 Å². The molecule has 0 aliphatic rings. The molecule has 0 spiro atoms. The number of benzene rings is 1. The molecule has 2 aromatic heterocycles. The predicted octanol–water partition coefficient (Wildman–Crippen LogP) is 2.35. The lowest BCUT2D eigenvalue weighted by molar-refractivity contribution is 0.628. The molecule has 0 aliphatic heterocycles. The number of halogens is 1. The fourth-order valence-corrected chi connectivity index (χ4v) is 1.87. The van der Waals surface area contributed by atoms with Crippen LogP contribution in [-0.2, 0) is 0 Å². The van der Waals surface area contributed by atoms with E-state index in [4.69, 9.17) is 5.73 Å². The van der Waals surface area contributed by atoms with Crippen molar-refractivity contribution in [2.75, 3.05) is 5.73 Å². The number of anilines is 1. The van der Waals surface area contributed by atoms with E-state index in [1.165, 1.54) is 18.5 Å². The normalized spacial score (nSPS) is 10.9. The van der Waals surface area contributed by atoms with Crippen molar-refractivity contribution < 1.29 is 4.39 Å². The highest BCUT2D eigenvalue weighted by molar-refractivity contribution is 6.00. The molecule has 0 amide bonds. The lowest BCUT2D eigenvalue weighted by atomic mass is 10.1. The van der Waals surface area contributed by atoms with Gasteiger partial charge in [0.15, 0.2) is 0 Å². The summed E-state index contributed by atoms with van der Waals surface area (Å²) >= 11 is 0. The van der Waals surface area contributed by atoms with Crippen LogP contribution in [0.25, 0.3) is 22.2 Å². The molecule has 3 rings (SSSR count). The Morgan fingerprint density at radius 1 is 1.24 bits per heavy atom. The van der Waals surface area contributed by atoms with Gasteiger partial charge in [-0.15, -0.1) is 0 Å². The van der Waals surface area contributed by atoms with Gasteiger partial charge in [-0.05, 0) is 17.7 Å². The maximum absolute atomic E-state index is 13.2. The van der Waals surface area contributed by atoms with Crippen LogP contribution in [0.5, 0.6) is 0 Å². The molecule has 0 atom stereocenters. The van der Waals surface area contributed by atoms with Crippen molar-refractivity contribution in [3.8, 4) is 11.1 Å². The molecule has 1 aromatic carbocycles. The highest BCUT2D eigenvalue weighted by atomic mass is 19.1. The number of hydrogen-bond acceptors (Lipinski definition) is 3. The summed E-state index contributed by atoms with van der Waals surface area (Å²) in [5.74, 6) is 0.0998. The Kier molecular flexibility index (Phi) is 2.04. The van der Waals surface area contributed by atoms with Crippen molar-refractivity contribution >= 4 is 16.9 Å². The molecule has 0 unspecified atom stereocenters. The molecule has 0 fully saturated rings. The summed E-state index contributed by atoms with van der Waals surface area (Å²) in [6.45, 7) is 0. The Balaban J connectivity index is 2.31. The summed E-state index contributed by atoms with van der Waals surface area (Å²) in [4.78, 5) is 11.0. The Hall–Kier alpha value is -2.43. The summed E-state index contributed by atoms with van der Waals surface area (Å²) < 4.78 is 13.2. The molecule has 4 nitrogen and oxygen atoms in total. The summed E-state index contributed by atoms with van der Waals surface area (Å²) in [5, 5.41) is 0.720. The molecule has 5 heteroatoms. The second-order valence-corrected chi connectivity index (χ2v) is 3.70. The number of aromatic amines is 1. The van der Waals surface area contributed by atoms with Crippen molar-refractivity contribution in [1.29, 1.82) is 0 Å². The Labute approximate surface area is 96.3 Å². The number of nitrogen functional groups attached to an aromatic ring is 1. The van der Waals surface area contributed by atoms with Crippen LogP contribution in [0.2, 0.25) is 0 Å². The van der Waals surface area contributed by atoms with E-state index in [0.29, 0.717) is 11.5 Å². The Bertz CT molecular complexity index is 690. The number of rotatable bonds is 1. The van der Waals surface area contributed by atoms with Crippen LogP contribution in [0.1, 0.15) is 0 Å². The van der Waals surface area contributed by atoms with Gasteiger partial charge >= 0.3 is 0 Å². The molecule has 0 aliphatic carbocycles. The molecule has 17 heavy (non-hydrogen) atoms. The number of nitrogens with two attached hydrogens (primary N) is 1. The molecule has 84 valence electrons. The van der Waals surface area contributed by atoms with Crippen LogP contribution in [0.15, 0.2) is 36.8 Å². The first-order valence-electron chi connectivity index (χ1n) is 5.09.